The third-order valence-corrected chi connectivity index (χ3v) is 2.88. The highest BCUT2D eigenvalue weighted by Crippen LogP contribution is 2.18. The number of guanidine groups is 1. The summed E-state index contributed by atoms with van der Waals surface area (Å²) in [5.74, 6) is -1.32. The first kappa shape index (κ1) is 12.0. The lowest BCUT2D eigenvalue weighted by Gasteiger charge is -1.98. The molecular formula is C9H10N6O2S. The number of imidazole rings is 1. The average molecular weight is 266 g/mol. The number of hydrogen-bond donors (Lipinski definition) is 3. The highest BCUT2D eigenvalue weighted by atomic mass is 32.1. The van der Waals surface area contributed by atoms with Gasteiger partial charge in [-0.25, -0.2) is 9.78 Å². The molecule has 0 aliphatic carbocycles. The molecule has 2 heterocycles. The molecule has 8 nitrogen and oxygen atoms in total. The fourth-order valence-corrected chi connectivity index (χ4v) is 2.17. The molecule has 0 bridgehead atoms. The maximum absolute atomic E-state index is 11.1. The molecule has 2 aromatic heterocycles. The lowest BCUT2D eigenvalue weighted by atomic mass is 10.2. The maximum Gasteiger partial charge on any atom is 0.356 e. The number of fused-ring (bicyclic) bond motifs is 1. The summed E-state index contributed by atoms with van der Waals surface area (Å²) in [7, 11) is 0. The molecule has 18 heavy (non-hydrogen) atoms. The minimum Gasteiger partial charge on any atom is -0.476 e. The van der Waals surface area contributed by atoms with Crippen LogP contribution in [-0.2, 0) is 0 Å². The predicted molar refractivity (Wildman–Crippen MR) is 68.0 cm³/mol. The van der Waals surface area contributed by atoms with Crippen molar-refractivity contribution < 1.29 is 9.90 Å². The molecule has 2 rings (SSSR count). The second kappa shape index (κ2) is 4.45. The van der Waals surface area contributed by atoms with E-state index in [2.05, 4.69) is 15.2 Å². The lowest BCUT2D eigenvalue weighted by molar-refractivity contribution is 0.0691. The van der Waals surface area contributed by atoms with Gasteiger partial charge in [0, 0.05) is 11.6 Å². The van der Waals surface area contributed by atoms with E-state index in [4.69, 9.17) is 16.6 Å². The monoisotopic (exact) mass is 266 g/mol. The van der Waals surface area contributed by atoms with E-state index in [1.54, 1.807) is 22.9 Å². The Hall–Kier alpha value is -2.42. The number of nitrogens with zero attached hydrogens (tertiary/aromatic N) is 4. The number of aromatic carboxylic acids is 1. The standard InChI is InChI=1S/C9H10N6O2S/c1-4(13-14-8(10)11)6-5(7(16)17)12-9-15(6)2-3-18-9/h2-3H,1H3,(H,16,17)(H4,10,11,14)/b13-4+. The minimum atomic E-state index is -1.12. The average Bonchev–Trinajstić information content (AvgIpc) is 2.84. The second-order valence-electron chi connectivity index (χ2n) is 3.38. The van der Waals surface area contributed by atoms with Crippen LogP contribution in [0.15, 0.2) is 21.8 Å². The number of rotatable bonds is 3. The van der Waals surface area contributed by atoms with Crippen molar-refractivity contribution in [3.63, 3.8) is 0 Å². The molecule has 0 amide bonds. The molecule has 9 heteroatoms. The van der Waals surface area contributed by atoms with Gasteiger partial charge in [0.25, 0.3) is 0 Å². The van der Waals surface area contributed by atoms with E-state index in [1.165, 1.54) is 11.3 Å². The van der Waals surface area contributed by atoms with E-state index < -0.39 is 5.97 Å². The fourth-order valence-electron chi connectivity index (χ4n) is 1.46. The molecule has 0 radical (unpaired) electrons. The highest BCUT2D eigenvalue weighted by Gasteiger charge is 2.20. The molecular weight excluding hydrogens is 256 g/mol. The maximum atomic E-state index is 11.1. The Bertz CT molecular complexity index is 664. The van der Waals surface area contributed by atoms with Crippen molar-refractivity contribution in [3.8, 4) is 0 Å². The van der Waals surface area contributed by atoms with Crippen molar-refractivity contribution in [2.45, 2.75) is 6.92 Å². The van der Waals surface area contributed by atoms with Crippen molar-refractivity contribution in [1.29, 1.82) is 0 Å². The van der Waals surface area contributed by atoms with Crippen LogP contribution in [0.3, 0.4) is 0 Å². The fraction of sp³-hybridized carbons (Fsp3) is 0.111. The number of carbonyl (C=O) groups is 1. The summed E-state index contributed by atoms with van der Waals surface area (Å²) in [6.07, 6.45) is 1.71. The smallest absolute Gasteiger partial charge is 0.356 e. The summed E-state index contributed by atoms with van der Waals surface area (Å²) < 4.78 is 1.63. The number of nitrogens with two attached hydrogens (primary N) is 2. The molecule has 0 saturated carbocycles. The van der Waals surface area contributed by atoms with Crippen molar-refractivity contribution >= 4 is 33.9 Å². The third kappa shape index (κ3) is 2.02. The van der Waals surface area contributed by atoms with E-state index in [0.717, 1.165) is 0 Å². The van der Waals surface area contributed by atoms with Crippen LogP contribution >= 0.6 is 11.3 Å². The van der Waals surface area contributed by atoms with Gasteiger partial charge in [0.1, 0.15) is 5.69 Å². The van der Waals surface area contributed by atoms with Crippen LogP contribution in [0.4, 0.5) is 0 Å². The number of carboxylic acid groups (broad SMARTS) is 1. The van der Waals surface area contributed by atoms with Crippen molar-refractivity contribution in [3.05, 3.63) is 23.0 Å². The summed E-state index contributed by atoms with van der Waals surface area (Å²) in [5, 5.41) is 18.2. The zero-order valence-corrected chi connectivity index (χ0v) is 10.2. The summed E-state index contributed by atoms with van der Waals surface area (Å²) >= 11 is 1.33. The first-order valence-corrected chi connectivity index (χ1v) is 5.71. The second-order valence-corrected chi connectivity index (χ2v) is 4.25. The van der Waals surface area contributed by atoms with Gasteiger partial charge in [-0.15, -0.1) is 16.4 Å². The Morgan fingerprint density at radius 2 is 2.22 bits per heavy atom. The molecule has 0 aliphatic heterocycles. The van der Waals surface area contributed by atoms with Crippen LogP contribution < -0.4 is 11.5 Å². The van der Waals surface area contributed by atoms with E-state index in [-0.39, 0.29) is 11.7 Å². The minimum absolute atomic E-state index is 0.0751. The molecule has 0 fully saturated rings. The molecule has 94 valence electrons. The van der Waals surface area contributed by atoms with Gasteiger partial charge >= 0.3 is 5.97 Å². The van der Waals surface area contributed by atoms with Crippen molar-refractivity contribution in [2.75, 3.05) is 0 Å². The Kier molecular flexibility index (Phi) is 2.98. The van der Waals surface area contributed by atoms with Gasteiger partial charge in [0.15, 0.2) is 10.7 Å². The summed E-state index contributed by atoms with van der Waals surface area (Å²) in [6.45, 7) is 1.61. The summed E-state index contributed by atoms with van der Waals surface area (Å²) in [6, 6.07) is 0. The first-order valence-electron chi connectivity index (χ1n) is 4.83. The normalized spacial score (nSPS) is 11.7. The number of hydrogen-bond acceptors (Lipinski definition) is 5. The van der Waals surface area contributed by atoms with Gasteiger partial charge in [-0.2, -0.15) is 5.10 Å². The molecule has 0 atom stereocenters. The number of carboxylic acids is 1. The number of thiazole rings is 1. The predicted octanol–water partition coefficient (Wildman–Crippen LogP) is 0.0914. The van der Waals surface area contributed by atoms with Gasteiger partial charge in [0.05, 0.1) is 5.71 Å². The third-order valence-electron chi connectivity index (χ3n) is 2.12. The largest absolute Gasteiger partial charge is 0.476 e. The van der Waals surface area contributed by atoms with Crippen LogP contribution in [0, 0.1) is 0 Å². The number of aromatic nitrogens is 2. The Morgan fingerprint density at radius 1 is 1.50 bits per heavy atom. The van der Waals surface area contributed by atoms with Gasteiger partial charge in [-0.3, -0.25) is 4.40 Å². The Balaban J connectivity index is 2.63. The first-order chi connectivity index (χ1) is 8.50. The summed E-state index contributed by atoms with van der Waals surface area (Å²) in [4.78, 5) is 15.7. The molecule has 5 N–H and O–H groups in total. The Labute approximate surface area is 105 Å². The zero-order chi connectivity index (χ0) is 13.3. The highest BCUT2D eigenvalue weighted by molar-refractivity contribution is 7.15. The van der Waals surface area contributed by atoms with E-state index >= 15 is 0 Å². The lowest BCUT2D eigenvalue weighted by Crippen LogP contribution is -2.22. The van der Waals surface area contributed by atoms with E-state index in [1.807, 2.05) is 0 Å². The van der Waals surface area contributed by atoms with Crippen LogP contribution in [-0.4, -0.2) is 32.1 Å². The molecule has 0 spiro atoms. The van der Waals surface area contributed by atoms with Crippen LogP contribution in [0.25, 0.3) is 4.96 Å². The van der Waals surface area contributed by atoms with Gasteiger partial charge in [-0.05, 0) is 6.92 Å². The van der Waals surface area contributed by atoms with Gasteiger partial charge in [-0.1, -0.05) is 0 Å². The molecule has 0 unspecified atom stereocenters. The van der Waals surface area contributed by atoms with Crippen molar-refractivity contribution in [2.24, 2.45) is 21.7 Å². The summed E-state index contributed by atoms with van der Waals surface area (Å²) in [5.41, 5.74) is 11.0. The van der Waals surface area contributed by atoms with E-state index in [0.29, 0.717) is 16.4 Å². The van der Waals surface area contributed by atoms with Crippen molar-refractivity contribution in [1.82, 2.24) is 9.38 Å². The molecule has 0 aromatic carbocycles. The molecule has 0 aliphatic rings. The van der Waals surface area contributed by atoms with Gasteiger partial charge in [0.2, 0.25) is 5.96 Å². The van der Waals surface area contributed by atoms with Gasteiger partial charge < -0.3 is 16.6 Å². The quantitative estimate of drug-likeness (QED) is 0.411. The molecule has 0 saturated heterocycles. The molecule has 2 aromatic rings. The van der Waals surface area contributed by atoms with Crippen LogP contribution in [0.2, 0.25) is 0 Å². The van der Waals surface area contributed by atoms with Crippen LogP contribution in [0.1, 0.15) is 23.1 Å². The topological polar surface area (TPSA) is 131 Å². The zero-order valence-electron chi connectivity index (χ0n) is 9.36. The van der Waals surface area contributed by atoms with E-state index in [9.17, 15) is 4.79 Å². The SMILES string of the molecule is C/C(=N\N=C(N)N)c1c(C(=O)O)nc2sccn12. The van der Waals surface area contributed by atoms with Crippen LogP contribution in [0.5, 0.6) is 0 Å². The Morgan fingerprint density at radius 3 is 2.83 bits per heavy atom.